The number of carbonyl (C=O) groups is 1. The molecule has 0 N–H and O–H groups in total. The third kappa shape index (κ3) is 5.31. The molecule has 2 heterocycles. The van der Waals surface area contributed by atoms with Gasteiger partial charge in [0.15, 0.2) is 0 Å². The van der Waals surface area contributed by atoms with Crippen LogP contribution in [0, 0.1) is 6.92 Å². The summed E-state index contributed by atoms with van der Waals surface area (Å²) < 4.78 is 41.1. The molecule has 0 saturated carbocycles. The van der Waals surface area contributed by atoms with E-state index in [4.69, 9.17) is 0 Å². The second-order valence-corrected chi connectivity index (χ2v) is 8.73. The van der Waals surface area contributed by atoms with Gasteiger partial charge in [0, 0.05) is 31.2 Å². The first kappa shape index (κ1) is 23.1. The van der Waals surface area contributed by atoms with Crippen molar-refractivity contribution in [2.24, 2.45) is 0 Å². The molecule has 1 atom stereocenters. The molecule has 1 unspecified atom stereocenters. The number of aryl methyl sites for hydroxylation is 1. The predicted molar refractivity (Wildman–Crippen MR) is 119 cm³/mol. The summed E-state index contributed by atoms with van der Waals surface area (Å²) in [5.41, 5.74) is 5.04. The quantitative estimate of drug-likeness (QED) is 0.577. The van der Waals surface area contributed by atoms with Crippen molar-refractivity contribution in [1.82, 2.24) is 14.7 Å². The van der Waals surface area contributed by atoms with Crippen LogP contribution in [0.15, 0.2) is 48.8 Å². The third-order valence-corrected chi connectivity index (χ3v) is 5.78. The summed E-state index contributed by atoms with van der Waals surface area (Å²) in [5, 5.41) is 0. The maximum Gasteiger partial charge on any atom is 0.573 e. The molecule has 0 aromatic heterocycles. The molecular formula is C24H27F3N4O2. The lowest BCUT2D eigenvalue weighted by atomic mass is 9.98. The highest BCUT2D eigenvalue weighted by Crippen LogP contribution is 2.39. The van der Waals surface area contributed by atoms with Gasteiger partial charge in [0.2, 0.25) is 0 Å². The minimum atomic E-state index is -4.72. The van der Waals surface area contributed by atoms with Gasteiger partial charge in [-0.05, 0) is 67.5 Å². The van der Waals surface area contributed by atoms with Crippen LogP contribution in [-0.2, 0) is 17.9 Å². The molecule has 0 bridgehead atoms. The van der Waals surface area contributed by atoms with Crippen molar-refractivity contribution in [2.45, 2.75) is 32.4 Å². The molecule has 2 aliphatic rings. The Morgan fingerprint density at radius 3 is 2.52 bits per heavy atom. The topological polar surface area (TPSA) is 39.3 Å². The summed E-state index contributed by atoms with van der Waals surface area (Å²) in [4.78, 5) is 20.5. The maximum absolute atomic E-state index is 12.4. The molecule has 0 amide bonds. The maximum atomic E-state index is 12.4. The van der Waals surface area contributed by atoms with E-state index in [1.54, 1.807) is 12.1 Å². The number of ether oxygens (including phenoxy) is 1. The molecule has 9 heteroatoms. The van der Waals surface area contributed by atoms with E-state index >= 15 is 0 Å². The van der Waals surface area contributed by atoms with Gasteiger partial charge in [0.1, 0.15) is 12.0 Å². The third-order valence-electron chi connectivity index (χ3n) is 5.78. The van der Waals surface area contributed by atoms with Gasteiger partial charge in [-0.2, -0.15) is 0 Å². The Balaban J connectivity index is 1.49. The van der Waals surface area contributed by atoms with E-state index in [9.17, 15) is 18.0 Å². The second-order valence-electron chi connectivity index (χ2n) is 8.73. The first-order chi connectivity index (χ1) is 15.6. The molecule has 2 aliphatic heterocycles. The van der Waals surface area contributed by atoms with Crippen molar-refractivity contribution in [3.63, 3.8) is 0 Å². The van der Waals surface area contributed by atoms with Crippen LogP contribution >= 0.6 is 0 Å². The number of nitrogens with zero attached hydrogens (tertiary/aromatic N) is 4. The second kappa shape index (κ2) is 9.07. The average molecular weight is 461 g/mol. The van der Waals surface area contributed by atoms with E-state index in [0.29, 0.717) is 13.1 Å². The molecule has 6 nitrogen and oxygen atoms in total. The lowest BCUT2D eigenvalue weighted by Crippen LogP contribution is -2.32. The van der Waals surface area contributed by atoms with Gasteiger partial charge in [-0.3, -0.25) is 9.80 Å². The first-order valence-corrected chi connectivity index (χ1v) is 10.6. The Morgan fingerprint density at radius 2 is 1.88 bits per heavy atom. The van der Waals surface area contributed by atoms with Crippen molar-refractivity contribution < 1.29 is 22.7 Å². The number of carbonyl (C=O) groups excluding carboxylic acids is 1. The van der Waals surface area contributed by atoms with Gasteiger partial charge in [-0.25, -0.2) is 0 Å². The average Bonchev–Trinajstić information content (AvgIpc) is 3.32. The van der Waals surface area contributed by atoms with Crippen LogP contribution in [0.5, 0.6) is 5.75 Å². The fourth-order valence-electron chi connectivity index (χ4n) is 4.50. The van der Waals surface area contributed by atoms with Crippen LogP contribution in [0.25, 0.3) is 0 Å². The summed E-state index contributed by atoms with van der Waals surface area (Å²) >= 11 is 0. The summed E-state index contributed by atoms with van der Waals surface area (Å²) in [6, 6.07) is 9.62. The highest BCUT2D eigenvalue weighted by Gasteiger charge is 2.33. The number of fused-ring (bicyclic) bond motifs is 1. The molecule has 2 aromatic rings. The SMILES string of the molecule is Cc1cc(N2C=CN(CN(C)C)C2)cc2c1C(C=O)N(Cc1ccc(OC(F)(F)F)cc1)C2. The van der Waals surface area contributed by atoms with E-state index in [-0.39, 0.29) is 11.8 Å². The number of aldehydes is 1. The molecule has 0 radical (unpaired) electrons. The zero-order valence-corrected chi connectivity index (χ0v) is 18.8. The van der Waals surface area contributed by atoms with E-state index in [2.05, 4.69) is 44.0 Å². The lowest BCUT2D eigenvalue weighted by molar-refractivity contribution is -0.274. The predicted octanol–water partition coefficient (Wildman–Crippen LogP) is 4.22. The van der Waals surface area contributed by atoms with Gasteiger partial charge in [-0.15, -0.1) is 13.2 Å². The Morgan fingerprint density at radius 1 is 1.15 bits per heavy atom. The van der Waals surface area contributed by atoms with Crippen LogP contribution in [0.1, 0.15) is 28.3 Å². The number of alkyl halides is 3. The highest BCUT2D eigenvalue weighted by atomic mass is 19.4. The van der Waals surface area contributed by atoms with Gasteiger partial charge in [-0.1, -0.05) is 12.1 Å². The standard InChI is InChI=1S/C24H27F3N4O2/c1-17-10-20(30-9-8-29(16-30)15-28(2)3)11-19-13-31(22(14-32)23(17)19)12-18-4-6-21(7-5-18)33-24(25,26)27/h4-11,14,22H,12-13,15-16H2,1-3H3. The Bertz CT molecular complexity index is 1040. The molecule has 0 saturated heterocycles. The van der Waals surface area contributed by atoms with Gasteiger partial charge in [0.25, 0.3) is 0 Å². The van der Waals surface area contributed by atoms with Gasteiger partial charge < -0.3 is 19.3 Å². The Kier molecular flexibility index (Phi) is 6.36. The van der Waals surface area contributed by atoms with E-state index in [1.807, 2.05) is 25.9 Å². The smallest absolute Gasteiger partial charge is 0.406 e. The van der Waals surface area contributed by atoms with Crippen LogP contribution in [0.2, 0.25) is 0 Å². The first-order valence-electron chi connectivity index (χ1n) is 10.6. The number of benzene rings is 2. The molecule has 0 fully saturated rings. The van der Waals surface area contributed by atoms with Crippen LogP contribution in [0.4, 0.5) is 18.9 Å². The zero-order chi connectivity index (χ0) is 23.8. The molecule has 4 rings (SSSR count). The van der Waals surface area contributed by atoms with Crippen molar-refractivity contribution in [1.29, 1.82) is 0 Å². The fraction of sp³-hybridized carbons (Fsp3) is 0.375. The summed E-state index contributed by atoms with van der Waals surface area (Å²) in [6.45, 7) is 4.63. The number of halogens is 3. The Labute approximate surface area is 191 Å². The normalized spacial score (nSPS) is 18.3. The zero-order valence-electron chi connectivity index (χ0n) is 18.8. The Hall–Kier alpha value is -3.04. The van der Waals surface area contributed by atoms with E-state index in [0.717, 1.165) is 47.6 Å². The van der Waals surface area contributed by atoms with Crippen molar-refractivity contribution in [3.05, 3.63) is 71.1 Å². The summed E-state index contributed by atoms with van der Waals surface area (Å²) in [7, 11) is 4.06. The monoisotopic (exact) mass is 460 g/mol. The highest BCUT2D eigenvalue weighted by molar-refractivity contribution is 5.69. The fourth-order valence-corrected chi connectivity index (χ4v) is 4.50. The minimum absolute atomic E-state index is 0.259. The number of hydrogen-bond donors (Lipinski definition) is 0. The lowest BCUT2D eigenvalue weighted by Gasteiger charge is -2.25. The van der Waals surface area contributed by atoms with Gasteiger partial charge >= 0.3 is 6.36 Å². The van der Waals surface area contributed by atoms with Crippen molar-refractivity contribution in [2.75, 3.05) is 32.3 Å². The largest absolute Gasteiger partial charge is 0.573 e. The molecule has 0 aliphatic carbocycles. The molecule has 2 aromatic carbocycles. The number of anilines is 1. The molecule has 176 valence electrons. The van der Waals surface area contributed by atoms with Crippen LogP contribution in [-0.4, -0.2) is 54.8 Å². The molecule has 33 heavy (non-hydrogen) atoms. The van der Waals surface area contributed by atoms with Crippen molar-refractivity contribution in [3.8, 4) is 5.75 Å². The molecular weight excluding hydrogens is 433 g/mol. The number of hydrogen-bond acceptors (Lipinski definition) is 6. The minimum Gasteiger partial charge on any atom is -0.406 e. The van der Waals surface area contributed by atoms with Crippen LogP contribution < -0.4 is 9.64 Å². The van der Waals surface area contributed by atoms with Crippen molar-refractivity contribution >= 4 is 12.0 Å². The molecule has 0 spiro atoms. The summed E-state index contributed by atoms with van der Waals surface area (Å²) in [5.74, 6) is -0.259. The summed E-state index contributed by atoms with van der Waals surface area (Å²) in [6.07, 6.45) is 0.340. The van der Waals surface area contributed by atoms with Crippen LogP contribution in [0.3, 0.4) is 0 Å². The van der Waals surface area contributed by atoms with E-state index in [1.165, 1.54) is 12.1 Å². The number of rotatable bonds is 7. The van der Waals surface area contributed by atoms with E-state index < -0.39 is 6.36 Å². The van der Waals surface area contributed by atoms with Gasteiger partial charge in [0.05, 0.1) is 19.4 Å².